The first-order valence-corrected chi connectivity index (χ1v) is 10.5. The van der Waals surface area contributed by atoms with Crippen molar-refractivity contribution in [3.05, 3.63) is 76.3 Å². The van der Waals surface area contributed by atoms with Gasteiger partial charge in [-0.2, -0.15) is 0 Å². The average molecular weight is 428 g/mol. The minimum absolute atomic E-state index is 0.0237. The van der Waals surface area contributed by atoms with Crippen molar-refractivity contribution in [2.24, 2.45) is 0 Å². The predicted molar refractivity (Wildman–Crippen MR) is 121 cm³/mol. The molecule has 0 saturated carbocycles. The van der Waals surface area contributed by atoms with Crippen molar-refractivity contribution in [3.8, 4) is 0 Å². The second-order valence-corrected chi connectivity index (χ2v) is 8.21. The van der Waals surface area contributed by atoms with Crippen LogP contribution < -0.4 is 5.32 Å². The third-order valence-corrected chi connectivity index (χ3v) is 5.89. The highest BCUT2D eigenvalue weighted by Gasteiger charge is 2.20. The molecule has 6 heteroatoms. The topological polar surface area (TPSA) is 35.6 Å². The molecule has 0 aliphatic carbocycles. The SMILES string of the molecule is O=C(CN1CCN(Cc2ccc(Cl)cc2Cl)CC1)Nc1cccc2ccccc12. The molecule has 0 radical (unpaired) electrons. The van der Waals surface area contributed by atoms with E-state index >= 15 is 0 Å². The number of hydrogen-bond donors (Lipinski definition) is 1. The Hall–Kier alpha value is -2.11. The highest BCUT2D eigenvalue weighted by atomic mass is 35.5. The predicted octanol–water partition coefficient (Wildman–Crippen LogP) is 4.90. The fraction of sp³-hybridized carbons (Fsp3) is 0.261. The van der Waals surface area contributed by atoms with Gasteiger partial charge in [0, 0.05) is 53.8 Å². The van der Waals surface area contributed by atoms with Gasteiger partial charge in [-0.05, 0) is 29.1 Å². The van der Waals surface area contributed by atoms with Crippen LogP contribution in [0.1, 0.15) is 5.56 Å². The summed E-state index contributed by atoms with van der Waals surface area (Å²) in [5.41, 5.74) is 1.95. The quantitative estimate of drug-likeness (QED) is 0.628. The molecule has 0 bridgehead atoms. The van der Waals surface area contributed by atoms with E-state index < -0.39 is 0 Å². The summed E-state index contributed by atoms with van der Waals surface area (Å²) in [6.07, 6.45) is 0. The maximum Gasteiger partial charge on any atom is 0.238 e. The van der Waals surface area contributed by atoms with E-state index in [1.807, 2.05) is 42.5 Å². The van der Waals surface area contributed by atoms with Crippen molar-refractivity contribution in [3.63, 3.8) is 0 Å². The maximum atomic E-state index is 12.6. The van der Waals surface area contributed by atoms with Crippen LogP contribution in [0.5, 0.6) is 0 Å². The molecule has 3 aromatic rings. The van der Waals surface area contributed by atoms with Crippen LogP contribution >= 0.6 is 23.2 Å². The van der Waals surface area contributed by atoms with Gasteiger partial charge in [-0.1, -0.05) is 65.7 Å². The first-order chi connectivity index (χ1) is 14.1. The van der Waals surface area contributed by atoms with Crippen LogP contribution in [0.25, 0.3) is 10.8 Å². The second kappa shape index (κ2) is 9.14. The van der Waals surface area contributed by atoms with E-state index in [4.69, 9.17) is 23.2 Å². The molecule has 4 nitrogen and oxygen atoms in total. The molecular weight excluding hydrogens is 405 g/mol. The Balaban J connectivity index is 1.29. The van der Waals surface area contributed by atoms with Crippen LogP contribution in [-0.2, 0) is 11.3 Å². The number of fused-ring (bicyclic) bond motifs is 1. The van der Waals surface area contributed by atoms with E-state index in [1.54, 1.807) is 6.07 Å². The van der Waals surface area contributed by atoms with Gasteiger partial charge < -0.3 is 5.32 Å². The Kier molecular flexibility index (Phi) is 6.36. The zero-order valence-electron chi connectivity index (χ0n) is 16.1. The van der Waals surface area contributed by atoms with Gasteiger partial charge in [0.2, 0.25) is 5.91 Å². The second-order valence-electron chi connectivity index (χ2n) is 7.36. The van der Waals surface area contributed by atoms with Crippen LogP contribution in [0.2, 0.25) is 10.0 Å². The summed E-state index contributed by atoms with van der Waals surface area (Å²) in [5.74, 6) is 0.0237. The Morgan fingerprint density at radius 2 is 1.62 bits per heavy atom. The molecule has 29 heavy (non-hydrogen) atoms. The van der Waals surface area contributed by atoms with Crippen molar-refractivity contribution in [2.75, 3.05) is 38.0 Å². The number of carbonyl (C=O) groups is 1. The number of rotatable bonds is 5. The summed E-state index contributed by atoms with van der Waals surface area (Å²) in [6, 6.07) is 19.7. The number of nitrogens with zero attached hydrogens (tertiary/aromatic N) is 2. The molecule has 1 fully saturated rings. The number of anilines is 1. The van der Waals surface area contributed by atoms with E-state index in [0.29, 0.717) is 16.6 Å². The minimum Gasteiger partial charge on any atom is -0.324 e. The molecule has 4 rings (SSSR count). The minimum atomic E-state index is 0.0237. The van der Waals surface area contributed by atoms with E-state index in [9.17, 15) is 4.79 Å². The smallest absolute Gasteiger partial charge is 0.238 e. The lowest BCUT2D eigenvalue weighted by Crippen LogP contribution is -2.48. The zero-order valence-corrected chi connectivity index (χ0v) is 17.6. The number of benzene rings is 3. The summed E-state index contributed by atoms with van der Waals surface area (Å²) in [5, 5.41) is 6.62. The molecule has 1 N–H and O–H groups in total. The standard InChI is InChI=1S/C23H23Cl2N3O/c24-19-9-8-18(21(25)14-19)15-27-10-12-28(13-11-27)16-23(29)26-22-7-3-5-17-4-1-2-6-20(17)22/h1-9,14H,10-13,15-16H2,(H,26,29). The lowest BCUT2D eigenvalue weighted by atomic mass is 10.1. The van der Waals surface area contributed by atoms with Crippen LogP contribution in [0.3, 0.4) is 0 Å². The largest absolute Gasteiger partial charge is 0.324 e. The number of carbonyl (C=O) groups excluding carboxylic acids is 1. The monoisotopic (exact) mass is 427 g/mol. The Labute approximate surface area is 181 Å². The molecule has 1 aliphatic heterocycles. The van der Waals surface area contributed by atoms with Crippen LogP contribution in [-0.4, -0.2) is 48.4 Å². The molecule has 1 heterocycles. The van der Waals surface area contributed by atoms with E-state index in [0.717, 1.165) is 54.7 Å². The fourth-order valence-electron chi connectivity index (χ4n) is 3.72. The molecule has 1 amide bonds. The molecule has 1 aliphatic rings. The molecule has 0 unspecified atom stereocenters. The van der Waals surface area contributed by atoms with Gasteiger partial charge in [-0.25, -0.2) is 0 Å². The van der Waals surface area contributed by atoms with E-state index in [1.165, 1.54) is 0 Å². The number of nitrogens with one attached hydrogen (secondary N) is 1. The van der Waals surface area contributed by atoms with Crippen molar-refractivity contribution in [2.45, 2.75) is 6.54 Å². The molecule has 0 atom stereocenters. The number of amides is 1. The molecule has 3 aromatic carbocycles. The maximum absolute atomic E-state index is 12.6. The van der Waals surface area contributed by atoms with Gasteiger partial charge in [0.05, 0.1) is 6.54 Å². The van der Waals surface area contributed by atoms with Gasteiger partial charge in [0.15, 0.2) is 0 Å². The number of piperazine rings is 1. The highest BCUT2D eigenvalue weighted by molar-refractivity contribution is 6.35. The molecular formula is C23H23Cl2N3O. The third-order valence-electron chi connectivity index (χ3n) is 5.30. The first-order valence-electron chi connectivity index (χ1n) is 9.75. The summed E-state index contributed by atoms with van der Waals surface area (Å²) >= 11 is 12.3. The van der Waals surface area contributed by atoms with Gasteiger partial charge >= 0.3 is 0 Å². The summed E-state index contributed by atoms with van der Waals surface area (Å²) in [7, 11) is 0. The van der Waals surface area contributed by atoms with Crippen molar-refractivity contribution in [1.29, 1.82) is 0 Å². The Morgan fingerprint density at radius 1 is 0.897 bits per heavy atom. The third kappa shape index (κ3) is 5.09. The van der Waals surface area contributed by atoms with Gasteiger partial charge in [0.25, 0.3) is 0 Å². The summed E-state index contributed by atoms with van der Waals surface area (Å²) in [4.78, 5) is 17.1. The van der Waals surface area contributed by atoms with Crippen molar-refractivity contribution in [1.82, 2.24) is 9.80 Å². The summed E-state index contributed by atoms with van der Waals surface area (Å²) in [6.45, 7) is 4.72. The van der Waals surface area contributed by atoms with Gasteiger partial charge in [0.1, 0.15) is 0 Å². The summed E-state index contributed by atoms with van der Waals surface area (Å²) < 4.78 is 0. The average Bonchev–Trinajstić information content (AvgIpc) is 2.72. The molecule has 0 aromatic heterocycles. The zero-order chi connectivity index (χ0) is 20.2. The highest BCUT2D eigenvalue weighted by Crippen LogP contribution is 2.24. The first kappa shape index (κ1) is 20.2. The normalized spacial score (nSPS) is 15.5. The Morgan fingerprint density at radius 3 is 2.41 bits per heavy atom. The van der Waals surface area contributed by atoms with Crippen molar-refractivity contribution < 1.29 is 4.79 Å². The Bertz CT molecular complexity index is 1010. The number of halogens is 2. The fourth-order valence-corrected chi connectivity index (χ4v) is 4.19. The molecule has 0 spiro atoms. The lowest BCUT2D eigenvalue weighted by molar-refractivity contribution is -0.117. The van der Waals surface area contributed by atoms with E-state index in [-0.39, 0.29) is 5.91 Å². The number of hydrogen-bond acceptors (Lipinski definition) is 3. The lowest BCUT2D eigenvalue weighted by Gasteiger charge is -2.34. The van der Waals surface area contributed by atoms with Gasteiger partial charge in [-0.15, -0.1) is 0 Å². The van der Waals surface area contributed by atoms with Crippen LogP contribution in [0.4, 0.5) is 5.69 Å². The van der Waals surface area contributed by atoms with Crippen LogP contribution in [0, 0.1) is 0 Å². The van der Waals surface area contributed by atoms with E-state index in [2.05, 4.69) is 27.2 Å². The van der Waals surface area contributed by atoms with Crippen LogP contribution in [0.15, 0.2) is 60.7 Å². The van der Waals surface area contributed by atoms with Gasteiger partial charge in [-0.3, -0.25) is 14.6 Å². The molecule has 150 valence electrons. The van der Waals surface area contributed by atoms with Crippen molar-refractivity contribution >= 4 is 45.6 Å². The molecule has 1 saturated heterocycles.